The lowest BCUT2D eigenvalue weighted by atomic mass is 10.2. The molecule has 1 fully saturated rings. The zero-order chi connectivity index (χ0) is 13.9. The summed E-state index contributed by atoms with van der Waals surface area (Å²) >= 11 is 7.82. The number of hydrogen-bond acceptors (Lipinski definition) is 4. The third-order valence-electron chi connectivity index (χ3n) is 3.71. The van der Waals surface area contributed by atoms with Gasteiger partial charge in [-0.2, -0.15) is 0 Å². The Morgan fingerprint density at radius 3 is 2.91 bits per heavy atom. The van der Waals surface area contributed by atoms with Crippen molar-refractivity contribution in [2.75, 3.05) is 20.2 Å². The molecule has 0 bridgehead atoms. The summed E-state index contributed by atoms with van der Waals surface area (Å²) in [6.07, 6.45) is 4.16. The zero-order valence-electron chi connectivity index (χ0n) is 12.2. The van der Waals surface area contributed by atoms with E-state index in [1.54, 1.807) is 17.5 Å². The van der Waals surface area contributed by atoms with E-state index in [4.69, 9.17) is 16.3 Å². The standard InChI is InChI=1S/C15H17ClN2OS.2ClH/c1-18-6-2-4-11(18)10-19-12-8-13(15(16)17-9-12)14-5-3-7-20-14;;/h3,5,7-9,11H,2,4,6,10H2,1H3;2*1H/t11-;;/m0../s1. The van der Waals surface area contributed by atoms with Crippen LogP contribution in [0.3, 0.4) is 0 Å². The summed E-state index contributed by atoms with van der Waals surface area (Å²) in [6, 6.07) is 6.55. The normalized spacial score (nSPS) is 17.6. The second-order valence-corrected chi connectivity index (χ2v) is 6.38. The molecule has 22 heavy (non-hydrogen) atoms. The van der Waals surface area contributed by atoms with Crippen LogP contribution in [0.15, 0.2) is 29.8 Å². The van der Waals surface area contributed by atoms with Gasteiger partial charge in [0.25, 0.3) is 0 Å². The number of thiophene rings is 1. The highest BCUT2D eigenvalue weighted by molar-refractivity contribution is 7.13. The van der Waals surface area contributed by atoms with Crippen molar-refractivity contribution in [3.63, 3.8) is 0 Å². The van der Waals surface area contributed by atoms with Crippen LogP contribution in [0.4, 0.5) is 0 Å². The van der Waals surface area contributed by atoms with Crippen LogP contribution in [0.2, 0.25) is 5.15 Å². The Morgan fingerprint density at radius 2 is 2.27 bits per heavy atom. The number of pyridine rings is 1. The van der Waals surface area contributed by atoms with Crippen molar-refractivity contribution in [1.82, 2.24) is 9.88 Å². The van der Waals surface area contributed by atoms with E-state index in [0.717, 1.165) is 22.7 Å². The van der Waals surface area contributed by atoms with E-state index < -0.39 is 0 Å². The Labute approximate surface area is 152 Å². The molecule has 0 radical (unpaired) electrons. The minimum atomic E-state index is 0. The molecule has 0 amide bonds. The van der Waals surface area contributed by atoms with Gasteiger partial charge in [-0.25, -0.2) is 4.98 Å². The fraction of sp³-hybridized carbons (Fsp3) is 0.400. The predicted molar refractivity (Wildman–Crippen MR) is 98.2 cm³/mol. The molecule has 2 aromatic heterocycles. The lowest BCUT2D eigenvalue weighted by molar-refractivity contribution is 0.198. The molecule has 3 heterocycles. The lowest BCUT2D eigenvalue weighted by Gasteiger charge is -2.19. The highest BCUT2D eigenvalue weighted by atomic mass is 35.5. The van der Waals surface area contributed by atoms with Crippen LogP contribution in [0.25, 0.3) is 10.4 Å². The Hall–Kier alpha value is -0.520. The van der Waals surface area contributed by atoms with Gasteiger partial charge in [-0.1, -0.05) is 17.7 Å². The molecule has 1 aliphatic heterocycles. The van der Waals surface area contributed by atoms with Crippen LogP contribution < -0.4 is 4.74 Å². The number of ether oxygens (including phenoxy) is 1. The zero-order valence-corrected chi connectivity index (χ0v) is 15.4. The predicted octanol–water partition coefficient (Wildman–Crippen LogP) is 4.78. The van der Waals surface area contributed by atoms with Crippen LogP contribution in [0.5, 0.6) is 5.75 Å². The van der Waals surface area contributed by atoms with Gasteiger partial charge < -0.3 is 9.64 Å². The maximum absolute atomic E-state index is 6.17. The molecular weight excluding hydrogens is 363 g/mol. The fourth-order valence-corrected chi connectivity index (χ4v) is 3.50. The van der Waals surface area contributed by atoms with E-state index in [9.17, 15) is 0 Å². The van der Waals surface area contributed by atoms with Gasteiger partial charge in [0.15, 0.2) is 0 Å². The van der Waals surface area contributed by atoms with E-state index in [2.05, 4.69) is 16.9 Å². The number of rotatable bonds is 4. The monoisotopic (exact) mass is 380 g/mol. The summed E-state index contributed by atoms with van der Waals surface area (Å²) in [7, 11) is 2.15. The molecule has 7 heteroatoms. The van der Waals surface area contributed by atoms with Gasteiger partial charge in [-0.15, -0.1) is 36.2 Å². The number of halogens is 3. The molecule has 0 aromatic carbocycles. The van der Waals surface area contributed by atoms with Crippen LogP contribution in [-0.4, -0.2) is 36.1 Å². The molecule has 0 saturated carbocycles. The van der Waals surface area contributed by atoms with Gasteiger partial charge in [-0.05, 0) is 43.9 Å². The topological polar surface area (TPSA) is 25.4 Å². The first kappa shape index (κ1) is 19.5. The molecular formula is C15H19Cl3N2OS. The Kier molecular flexibility index (Phi) is 7.94. The smallest absolute Gasteiger partial charge is 0.138 e. The molecule has 0 aliphatic carbocycles. The van der Waals surface area contributed by atoms with Crippen LogP contribution in [-0.2, 0) is 0 Å². The number of hydrogen-bond donors (Lipinski definition) is 0. The van der Waals surface area contributed by atoms with Gasteiger partial charge >= 0.3 is 0 Å². The van der Waals surface area contributed by atoms with Crippen molar-refractivity contribution in [2.45, 2.75) is 18.9 Å². The molecule has 0 spiro atoms. The average Bonchev–Trinajstić information content (AvgIpc) is 3.09. The van der Waals surface area contributed by atoms with Crippen molar-refractivity contribution in [3.05, 3.63) is 34.9 Å². The van der Waals surface area contributed by atoms with Gasteiger partial charge in [0, 0.05) is 16.5 Å². The Bertz CT molecular complexity index is 580. The van der Waals surface area contributed by atoms with E-state index in [1.165, 1.54) is 12.8 Å². The summed E-state index contributed by atoms with van der Waals surface area (Å²) in [6.45, 7) is 1.87. The molecule has 3 rings (SSSR count). The molecule has 0 N–H and O–H groups in total. The molecule has 2 aromatic rings. The third kappa shape index (κ3) is 4.49. The van der Waals surface area contributed by atoms with Gasteiger partial charge in [0.05, 0.1) is 6.20 Å². The summed E-state index contributed by atoms with van der Waals surface area (Å²) in [5.74, 6) is 0.790. The van der Waals surface area contributed by atoms with Crippen molar-refractivity contribution in [2.24, 2.45) is 0 Å². The summed E-state index contributed by atoms with van der Waals surface area (Å²) in [5, 5.41) is 2.56. The molecule has 0 unspecified atom stereocenters. The fourth-order valence-electron chi connectivity index (χ4n) is 2.49. The van der Waals surface area contributed by atoms with E-state index in [0.29, 0.717) is 17.8 Å². The quantitative estimate of drug-likeness (QED) is 0.713. The highest BCUT2D eigenvalue weighted by Crippen LogP contribution is 2.32. The molecule has 1 atom stereocenters. The first-order valence-electron chi connectivity index (χ1n) is 6.76. The third-order valence-corrected chi connectivity index (χ3v) is 4.92. The maximum atomic E-state index is 6.17. The molecule has 1 aliphatic rings. The van der Waals surface area contributed by atoms with Gasteiger partial charge in [-0.3, -0.25) is 0 Å². The lowest BCUT2D eigenvalue weighted by Crippen LogP contribution is -2.30. The van der Waals surface area contributed by atoms with E-state index in [-0.39, 0.29) is 24.8 Å². The SMILES string of the molecule is CN1CCC[C@H]1COc1cnc(Cl)c(-c2cccs2)c1.Cl.Cl. The maximum Gasteiger partial charge on any atom is 0.138 e. The van der Waals surface area contributed by atoms with Crippen LogP contribution in [0.1, 0.15) is 12.8 Å². The second kappa shape index (κ2) is 8.94. The first-order valence-corrected chi connectivity index (χ1v) is 8.02. The average molecular weight is 382 g/mol. The number of nitrogens with zero attached hydrogens (tertiary/aromatic N) is 2. The van der Waals surface area contributed by atoms with Crippen LogP contribution in [0, 0.1) is 0 Å². The minimum Gasteiger partial charge on any atom is -0.490 e. The van der Waals surface area contributed by atoms with Crippen molar-refractivity contribution >= 4 is 47.8 Å². The van der Waals surface area contributed by atoms with E-state index >= 15 is 0 Å². The molecule has 3 nitrogen and oxygen atoms in total. The first-order chi connectivity index (χ1) is 9.74. The minimum absolute atomic E-state index is 0. The Balaban J connectivity index is 0.00000121. The summed E-state index contributed by atoms with van der Waals surface area (Å²) in [4.78, 5) is 7.70. The van der Waals surface area contributed by atoms with Crippen LogP contribution >= 0.6 is 47.8 Å². The number of aromatic nitrogens is 1. The van der Waals surface area contributed by atoms with Crippen molar-refractivity contribution < 1.29 is 4.74 Å². The number of likely N-dealkylation sites (N-methyl/N-ethyl adjacent to an activating group) is 1. The second-order valence-electron chi connectivity index (χ2n) is 5.07. The van der Waals surface area contributed by atoms with Crippen molar-refractivity contribution in [3.8, 4) is 16.2 Å². The molecule has 1 saturated heterocycles. The van der Waals surface area contributed by atoms with Gasteiger partial charge in [0.2, 0.25) is 0 Å². The molecule has 122 valence electrons. The number of likely N-dealkylation sites (tertiary alicyclic amines) is 1. The van der Waals surface area contributed by atoms with Gasteiger partial charge in [0.1, 0.15) is 17.5 Å². The highest BCUT2D eigenvalue weighted by Gasteiger charge is 2.21. The summed E-state index contributed by atoms with van der Waals surface area (Å²) in [5.41, 5.74) is 0.943. The largest absolute Gasteiger partial charge is 0.490 e. The van der Waals surface area contributed by atoms with E-state index in [1.807, 2.05) is 23.6 Å². The summed E-state index contributed by atoms with van der Waals surface area (Å²) < 4.78 is 5.90. The van der Waals surface area contributed by atoms with Crippen molar-refractivity contribution in [1.29, 1.82) is 0 Å². The Morgan fingerprint density at radius 1 is 1.45 bits per heavy atom.